The summed E-state index contributed by atoms with van der Waals surface area (Å²) in [7, 11) is 1.57. The number of ether oxygens (including phenoxy) is 2. The van der Waals surface area contributed by atoms with E-state index in [9.17, 15) is 18.0 Å². The Bertz CT molecular complexity index is 1050. The van der Waals surface area contributed by atoms with Crippen molar-refractivity contribution in [3.05, 3.63) is 58.4 Å². The van der Waals surface area contributed by atoms with E-state index in [2.05, 4.69) is 5.10 Å². The van der Waals surface area contributed by atoms with Crippen LogP contribution in [0.5, 0.6) is 11.5 Å². The second kappa shape index (κ2) is 8.02. The fraction of sp³-hybridized carbons (Fsp3) is 0.300. The summed E-state index contributed by atoms with van der Waals surface area (Å²) in [6, 6.07) is 8.57. The van der Waals surface area contributed by atoms with Crippen LogP contribution in [-0.4, -0.2) is 35.5 Å². The smallest absolute Gasteiger partial charge is 0.410 e. The summed E-state index contributed by atoms with van der Waals surface area (Å²) in [5, 5.41) is 5.59. The molecule has 2 aromatic heterocycles. The van der Waals surface area contributed by atoms with Crippen molar-refractivity contribution < 1.29 is 27.4 Å². The number of fused-ring (bicyclic) bond motifs is 1. The molecule has 30 heavy (non-hydrogen) atoms. The van der Waals surface area contributed by atoms with Crippen LogP contribution in [0.4, 0.5) is 19.0 Å². The maximum Gasteiger partial charge on any atom is 0.410 e. The summed E-state index contributed by atoms with van der Waals surface area (Å²) in [6.07, 6.45) is -3.37. The number of alkyl halides is 3. The van der Waals surface area contributed by atoms with Crippen molar-refractivity contribution in [2.45, 2.75) is 25.2 Å². The van der Waals surface area contributed by atoms with Gasteiger partial charge in [-0.2, -0.15) is 18.3 Å². The van der Waals surface area contributed by atoms with Crippen molar-refractivity contribution >= 4 is 23.1 Å². The zero-order chi connectivity index (χ0) is 21.3. The molecule has 1 aromatic carbocycles. The molecule has 3 aromatic rings. The lowest BCUT2D eigenvalue weighted by atomic mass is 10.1. The van der Waals surface area contributed by atoms with Crippen molar-refractivity contribution in [2.24, 2.45) is 0 Å². The fourth-order valence-corrected chi connectivity index (χ4v) is 4.16. The molecule has 1 unspecified atom stereocenters. The van der Waals surface area contributed by atoms with Crippen LogP contribution in [0.1, 0.15) is 27.7 Å². The molecular weight excluding hydrogens is 419 g/mol. The second-order valence-corrected chi connectivity index (χ2v) is 7.63. The summed E-state index contributed by atoms with van der Waals surface area (Å²) < 4.78 is 51.5. The summed E-state index contributed by atoms with van der Waals surface area (Å²) >= 11 is 1.23. The average Bonchev–Trinajstić information content (AvgIpc) is 3.40. The molecular formula is C20H18F3N3O3S. The Morgan fingerprint density at radius 1 is 1.27 bits per heavy atom. The van der Waals surface area contributed by atoms with Crippen LogP contribution in [0.2, 0.25) is 0 Å². The molecule has 158 valence electrons. The quantitative estimate of drug-likeness (QED) is 0.581. The first-order chi connectivity index (χ1) is 14.4. The van der Waals surface area contributed by atoms with Gasteiger partial charge < -0.3 is 9.47 Å². The first kappa shape index (κ1) is 20.3. The number of carbonyl (C=O) groups excluding carboxylic acids is 1. The normalized spacial score (nSPS) is 16.3. The minimum absolute atomic E-state index is 0.0255. The number of rotatable bonds is 5. The number of amides is 1. The third kappa shape index (κ3) is 4.00. The van der Waals surface area contributed by atoms with Gasteiger partial charge in [-0.1, -0.05) is 6.07 Å². The Balaban J connectivity index is 1.46. The monoisotopic (exact) mass is 437 g/mol. The number of halogens is 3. The number of methoxy groups -OCH3 is 1. The van der Waals surface area contributed by atoms with Crippen molar-refractivity contribution in [3.63, 3.8) is 0 Å². The van der Waals surface area contributed by atoms with E-state index < -0.39 is 12.2 Å². The predicted molar refractivity (Wildman–Crippen MR) is 105 cm³/mol. The SMILES string of the molecule is COc1cccc(OCc2csc(C(=O)N3CCC(C(F)(F)F)n4nccc43)c2)c1. The molecule has 1 aliphatic rings. The molecule has 0 saturated heterocycles. The van der Waals surface area contributed by atoms with Crippen molar-refractivity contribution in [3.8, 4) is 11.5 Å². The van der Waals surface area contributed by atoms with Gasteiger partial charge in [0, 0.05) is 24.2 Å². The molecule has 0 saturated carbocycles. The van der Waals surface area contributed by atoms with Crippen LogP contribution >= 0.6 is 11.3 Å². The lowest BCUT2D eigenvalue weighted by Gasteiger charge is -2.33. The molecule has 0 bridgehead atoms. The Morgan fingerprint density at radius 2 is 2.07 bits per heavy atom. The number of carbonyl (C=O) groups is 1. The van der Waals surface area contributed by atoms with Gasteiger partial charge in [0.15, 0.2) is 6.04 Å². The van der Waals surface area contributed by atoms with Gasteiger partial charge in [-0.15, -0.1) is 11.3 Å². The van der Waals surface area contributed by atoms with Gasteiger partial charge in [-0.05, 0) is 30.0 Å². The predicted octanol–water partition coefficient (Wildman–Crippen LogP) is 4.69. The minimum atomic E-state index is -4.41. The first-order valence-corrected chi connectivity index (χ1v) is 10.0. The molecule has 6 nitrogen and oxygen atoms in total. The van der Waals surface area contributed by atoms with Gasteiger partial charge >= 0.3 is 6.18 Å². The average molecular weight is 437 g/mol. The highest BCUT2D eigenvalue weighted by Crippen LogP contribution is 2.39. The number of thiophene rings is 1. The van der Waals surface area contributed by atoms with E-state index in [0.717, 1.165) is 10.2 Å². The summed E-state index contributed by atoms with van der Waals surface area (Å²) in [6.45, 7) is 0.229. The second-order valence-electron chi connectivity index (χ2n) is 6.72. The van der Waals surface area contributed by atoms with Crippen LogP contribution in [0.25, 0.3) is 0 Å². The first-order valence-electron chi connectivity index (χ1n) is 9.13. The summed E-state index contributed by atoms with van der Waals surface area (Å²) in [5.41, 5.74) is 0.796. The number of hydrogen-bond donors (Lipinski definition) is 0. The van der Waals surface area contributed by atoms with Gasteiger partial charge in [0.05, 0.1) is 18.2 Å². The highest BCUT2D eigenvalue weighted by molar-refractivity contribution is 7.12. The van der Waals surface area contributed by atoms with E-state index in [-0.39, 0.29) is 31.3 Å². The maximum absolute atomic E-state index is 13.2. The van der Waals surface area contributed by atoms with E-state index in [0.29, 0.717) is 16.4 Å². The highest BCUT2D eigenvalue weighted by Gasteiger charge is 2.45. The molecule has 0 N–H and O–H groups in total. The topological polar surface area (TPSA) is 56.6 Å². The summed E-state index contributed by atoms with van der Waals surface area (Å²) in [4.78, 5) is 14.7. The van der Waals surface area contributed by atoms with E-state index >= 15 is 0 Å². The molecule has 1 amide bonds. The molecule has 0 radical (unpaired) electrons. The number of hydrogen-bond acceptors (Lipinski definition) is 5. The third-order valence-electron chi connectivity index (χ3n) is 4.78. The molecule has 0 spiro atoms. The van der Waals surface area contributed by atoms with Gasteiger partial charge in [-0.25, -0.2) is 4.68 Å². The van der Waals surface area contributed by atoms with Crippen LogP contribution < -0.4 is 14.4 Å². The van der Waals surface area contributed by atoms with Gasteiger partial charge in [0.2, 0.25) is 0 Å². The van der Waals surface area contributed by atoms with Crippen molar-refractivity contribution in [1.82, 2.24) is 9.78 Å². The van der Waals surface area contributed by atoms with Gasteiger partial charge in [-0.3, -0.25) is 9.69 Å². The van der Waals surface area contributed by atoms with Crippen molar-refractivity contribution in [1.29, 1.82) is 0 Å². The van der Waals surface area contributed by atoms with Crippen LogP contribution in [0, 0.1) is 0 Å². The van der Waals surface area contributed by atoms with E-state index in [1.54, 1.807) is 36.8 Å². The van der Waals surface area contributed by atoms with Gasteiger partial charge in [0.25, 0.3) is 5.91 Å². The Hall–Kier alpha value is -3.01. The molecule has 0 aliphatic carbocycles. The van der Waals surface area contributed by atoms with E-state index in [1.807, 2.05) is 6.07 Å². The zero-order valence-electron chi connectivity index (χ0n) is 15.9. The van der Waals surface area contributed by atoms with Crippen LogP contribution in [0.3, 0.4) is 0 Å². The largest absolute Gasteiger partial charge is 0.497 e. The Morgan fingerprint density at radius 3 is 2.83 bits per heavy atom. The van der Waals surface area contributed by atoms with Crippen LogP contribution in [-0.2, 0) is 6.61 Å². The number of aromatic nitrogens is 2. The van der Waals surface area contributed by atoms with Crippen LogP contribution in [0.15, 0.2) is 48.0 Å². The molecule has 0 fully saturated rings. The molecule has 4 rings (SSSR count). The lowest BCUT2D eigenvalue weighted by Crippen LogP contribution is -2.42. The summed E-state index contributed by atoms with van der Waals surface area (Å²) in [5.74, 6) is 1.10. The number of benzene rings is 1. The molecule has 3 heterocycles. The molecule has 1 aliphatic heterocycles. The maximum atomic E-state index is 13.2. The Kier molecular flexibility index (Phi) is 5.42. The third-order valence-corrected chi connectivity index (χ3v) is 5.75. The Labute approximate surface area is 174 Å². The zero-order valence-corrected chi connectivity index (χ0v) is 16.7. The number of anilines is 1. The fourth-order valence-electron chi connectivity index (χ4n) is 3.31. The highest BCUT2D eigenvalue weighted by atomic mass is 32.1. The van der Waals surface area contributed by atoms with Crippen molar-refractivity contribution in [2.75, 3.05) is 18.6 Å². The van der Waals surface area contributed by atoms with E-state index in [4.69, 9.17) is 9.47 Å². The lowest BCUT2D eigenvalue weighted by molar-refractivity contribution is -0.172. The molecule has 1 atom stereocenters. The van der Waals surface area contributed by atoms with Gasteiger partial charge in [0.1, 0.15) is 23.9 Å². The van der Waals surface area contributed by atoms with E-state index in [1.165, 1.54) is 28.5 Å². The molecule has 10 heteroatoms. The number of nitrogens with zero attached hydrogens (tertiary/aromatic N) is 3. The minimum Gasteiger partial charge on any atom is -0.497 e. The standard InChI is InChI=1S/C20H18F3N3O3S/c1-28-14-3-2-4-15(10-14)29-11-13-9-16(30-12-13)19(27)25-8-6-17(20(21,22)23)26-18(25)5-7-24-26/h2-5,7,9-10,12,17H,6,8,11H2,1H3.